The first-order valence-electron chi connectivity index (χ1n) is 2.03. The van der Waals surface area contributed by atoms with Gasteiger partial charge in [0.2, 0.25) is 0 Å². The molecular weight excluding hydrogens is 264 g/mol. The van der Waals surface area contributed by atoms with Gasteiger partial charge >= 0.3 is 2.85 Å². The number of hydrogen-bond acceptors (Lipinski definition) is 3. The zero-order valence-corrected chi connectivity index (χ0v) is 11.6. The van der Waals surface area contributed by atoms with Crippen LogP contribution in [-0.2, 0) is 79.5 Å². The van der Waals surface area contributed by atoms with Crippen molar-refractivity contribution in [1.82, 2.24) is 0 Å². The van der Waals surface area contributed by atoms with Crippen LogP contribution in [0.1, 0.15) is 23.1 Å². The van der Waals surface area contributed by atoms with Gasteiger partial charge in [-0.3, -0.25) is 14.4 Å². The molecule has 0 aromatic heterocycles. The van der Waals surface area contributed by atoms with E-state index >= 15 is 0 Å². The minimum absolute atomic E-state index is 0. The quantitative estimate of drug-likeness (QED) is 0.602. The Kier molecular flexibility index (Phi) is 1390. The summed E-state index contributed by atoms with van der Waals surface area (Å²) in [6.07, 6.45) is 1.25. The van der Waals surface area contributed by atoms with Gasteiger partial charge in [0.1, 0.15) is 0 Å². The average Bonchev–Trinajstić information content (AvgIpc) is 2.01. The van der Waals surface area contributed by atoms with Gasteiger partial charge in [0, 0.05) is 0 Å². The Morgan fingerprint density at radius 2 is 0.750 bits per heavy atom. The van der Waals surface area contributed by atoms with Crippen LogP contribution >= 0.6 is 0 Å². The van der Waals surface area contributed by atoms with Crippen LogP contribution in [-0.4, -0.2) is 20.4 Å². The summed E-state index contributed by atoms with van der Waals surface area (Å²) in [7, 11) is 0. The zero-order valence-electron chi connectivity index (χ0n) is 8.93. The molecule has 0 saturated heterocycles. The molecule has 0 spiro atoms. The Bertz CT molecular complexity index is 37.5. The van der Waals surface area contributed by atoms with E-state index in [1.165, 1.54) is 6.42 Å². The van der Waals surface area contributed by atoms with Crippen LogP contribution < -0.4 is 0 Å². The second-order valence-electron chi connectivity index (χ2n) is 0.707. The monoisotopic (exact) mass is 274 g/mol. The van der Waals surface area contributed by atoms with E-state index in [1.54, 1.807) is 0 Å². The molecule has 0 N–H and O–H groups in total. The van der Waals surface area contributed by atoms with Crippen LogP contribution in [0.15, 0.2) is 0 Å². The van der Waals surface area contributed by atoms with Crippen LogP contribution in [0.3, 0.4) is 0 Å². The third-order valence-corrected chi connectivity index (χ3v) is 0. The molecule has 0 aromatic carbocycles. The molecule has 0 aromatic rings. The standard InChI is InChI=1S/C3H8.3CO.3Ti/c1-3-2;3*1-2;;;/h3H2,1-2H3;;;;;;/q;;;;3*-2/p+2. The Balaban J connectivity index is -0.00000000308. The van der Waals surface area contributed by atoms with E-state index < -0.39 is 0 Å². The maximum Gasteiger partial charge on any atom is 1.00 e. The van der Waals surface area contributed by atoms with Gasteiger partial charge in [-0.2, -0.15) is 0 Å². The van der Waals surface area contributed by atoms with E-state index in [-0.39, 0.29) is 68.0 Å². The first-order chi connectivity index (χ1) is 4.41. The molecule has 0 amide bonds. The van der Waals surface area contributed by atoms with Gasteiger partial charge in [-0.25, -0.2) is 0 Å². The Hall–Kier alpha value is 1.15. The van der Waals surface area contributed by atoms with Crippen molar-refractivity contribution in [3.05, 3.63) is 0 Å². The van der Waals surface area contributed by atoms with Gasteiger partial charge in [-0.05, 0) is 0 Å². The van der Waals surface area contributed by atoms with Crippen LogP contribution in [0, 0.1) is 0 Å². The minimum atomic E-state index is 0. The summed E-state index contributed by atoms with van der Waals surface area (Å²) in [4.78, 5) is 22.5. The topological polar surface area (TPSA) is 51.2 Å². The molecule has 12 heavy (non-hydrogen) atoms. The Labute approximate surface area is 122 Å². The average molecular weight is 274 g/mol. The normalized spacial score (nSPS) is 2.50. The molecule has 68 valence electrons. The second-order valence-corrected chi connectivity index (χ2v) is 0.707. The maximum atomic E-state index is 7.50. The molecule has 6 radical (unpaired) electrons. The molecule has 0 bridgehead atoms. The summed E-state index contributed by atoms with van der Waals surface area (Å²) in [5, 5.41) is 0. The summed E-state index contributed by atoms with van der Waals surface area (Å²) in [5.41, 5.74) is 0. The molecule has 0 saturated carbocycles. The molecule has 3 nitrogen and oxygen atoms in total. The summed E-state index contributed by atoms with van der Waals surface area (Å²) in [5.74, 6) is 0. The molecule has 0 rings (SSSR count). The van der Waals surface area contributed by atoms with Crippen molar-refractivity contribution in [1.29, 1.82) is 0 Å². The first kappa shape index (κ1) is 51.3. The van der Waals surface area contributed by atoms with Crippen LogP contribution in [0.2, 0.25) is 0 Å². The largest absolute Gasteiger partial charge is 2.00 e. The van der Waals surface area contributed by atoms with Crippen molar-refractivity contribution in [3.8, 4) is 0 Å². The van der Waals surface area contributed by atoms with Gasteiger partial charge in [0.25, 0.3) is 20.4 Å². The summed E-state index contributed by atoms with van der Waals surface area (Å²) >= 11 is 0. The first-order valence-corrected chi connectivity index (χ1v) is 2.03. The number of carbonyl (C=O) groups excluding carboxylic acids is 3. The molecule has 0 heterocycles. The van der Waals surface area contributed by atoms with E-state index in [1.807, 2.05) is 0 Å². The molecule has 6 heteroatoms. The van der Waals surface area contributed by atoms with Crippen LogP contribution in [0.4, 0.5) is 0 Å². The zero-order chi connectivity index (χ0) is 8.71. The van der Waals surface area contributed by atoms with Crippen molar-refractivity contribution >= 4 is 20.4 Å². The van der Waals surface area contributed by atoms with Crippen LogP contribution in [0.25, 0.3) is 0 Å². The fraction of sp³-hybridized carbons (Fsp3) is 0.500. The van der Waals surface area contributed by atoms with E-state index in [2.05, 4.69) is 34.2 Å². The summed E-state index contributed by atoms with van der Waals surface area (Å²) < 4.78 is 0. The van der Waals surface area contributed by atoms with E-state index in [9.17, 15) is 0 Å². The molecule has 0 atom stereocenters. The minimum Gasteiger partial charge on any atom is -2.00 e. The molecule has 0 fully saturated rings. The smallest absolute Gasteiger partial charge is 1.00 e. The second kappa shape index (κ2) is 326. The van der Waals surface area contributed by atoms with Crippen molar-refractivity contribution in [2.75, 3.05) is 0 Å². The van der Waals surface area contributed by atoms with Crippen molar-refractivity contribution in [2.45, 2.75) is 20.3 Å². The van der Waals surface area contributed by atoms with Gasteiger partial charge in [-0.1, -0.05) is 20.3 Å². The fourth-order valence-corrected chi connectivity index (χ4v) is 0. The van der Waals surface area contributed by atoms with Gasteiger partial charge in [0.05, 0.1) is 0 Å². The van der Waals surface area contributed by atoms with Gasteiger partial charge in [-0.15, -0.1) is 0 Å². The molecule has 0 aliphatic carbocycles. The Morgan fingerprint density at radius 1 is 0.750 bits per heavy atom. The van der Waals surface area contributed by atoms with Gasteiger partial charge in [0.15, 0.2) is 0 Å². The SMILES string of the molecule is CCC.[C]=O.[C]=O.[C]=O.[H+].[H+].[Ti-2].[Ti-2].[Ti-2]. The van der Waals surface area contributed by atoms with Crippen molar-refractivity contribution in [2.24, 2.45) is 0 Å². The van der Waals surface area contributed by atoms with E-state index in [0.29, 0.717) is 0 Å². The molecule has 0 aliphatic rings. The predicted octanol–water partition coefficient (Wildman–Crippen LogP) is 0.443. The Morgan fingerprint density at radius 3 is 0.750 bits per heavy atom. The molecule has 0 aliphatic heterocycles. The van der Waals surface area contributed by atoms with Gasteiger partial charge < -0.3 is 65.2 Å². The number of hydrogen-bond donors (Lipinski definition) is 0. The molecule has 0 unspecified atom stereocenters. The van der Waals surface area contributed by atoms with Crippen molar-refractivity contribution < 1.29 is 82.4 Å². The summed E-state index contributed by atoms with van der Waals surface area (Å²) in [6.45, 7) is 17.8. The third kappa shape index (κ3) is 865. The van der Waals surface area contributed by atoms with E-state index in [0.717, 1.165) is 0 Å². The van der Waals surface area contributed by atoms with Crippen molar-refractivity contribution in [3.63, 3.8) is 0 Å². The van der Waals surface area contributed by atoms with Crippen LogP contribution in [0.5, 0.6) is 0 Å². The predicted molar refractivity (Wildman–Crippen MR) is 35.3 cm³/mol. The third-order valence-electron chi connectivity index (χ3n) is 0. The molecular formula is C6H10O3Ti3-4. The summed E-state index contributed by atoms with van der Waals surface area (Å²) in [6, 6.07) is 0. The number of rotatable bonds is 0. The fourth-order valence-electron chi connectivity index (χ4n) is 0. The van der Waals surface area contributed by atoms with E-state index in [4.69, 9.17) is 14.4 Å². The maximum absolute atomic E-state index is 7.50.